The van der Waals surface area contributed by atoms with Gasteiger partial charge < -0.3 is 15.2 Å². The summed E-state index contributed by atoms with van der Waals surface area (Å²) in [6, 6.07) is 12.8. The number of aliphatic hydroxyl groups excluding tert-OH is 1. The molecule has 0 radical (unpaired) electrons. The molecule has 0 aromatic heterocycles. The third-order valence-corrected chi connectivity index (χ3v) is 3.20. The standard InChI is InChI=1S/C16H17F2NO2/c1-21-14-8-6-13(7-9-14)19-15(10-20)11-2-4-12(5-3-11)16(17)18/h2-9,15-16,19-20H,10H2,1H3. The number of halogens is 2. The molecule has 0 aliphatic carbocycles. The molecule has 0 aliphatic heterocycles. The maximum Gasteiger partial charge on any atom is 0.263 e. The van der Waals surface area contributed by atoms with Crippen molar-refractivity contribution in [2.75, 3.05) is 19.0 Å². The smallest absolute Gasteiger partial charge is 0.263 e. The molecule has 2 aromatic rings. The lowest BCUT2D eigenvalue weighted by atomic mass is 10.0. The number of rotatable bonds is 6. The Bertz CT molecular complexity index is 555. The Morgan fingerprint density at radius 1 is 1.00 bits per heavy atom. The molecule has 21 heavy (non-hydrogen) atoms. The number of hydrogen-bond donors (Lipinski definition) is 2. The van der Waals surface area contributed by atoms with Gasteiger partial charge in [-0.25, -0.2) is 8.78 Å². The van der Waals surface area contributed by atoms with Gasteiger partial charge in [0, 0.05) is 11.3 Å². The van der Waals surface area contributed by atoms with Crippen LogP contribution in [0.15, 0.2) is 48.5 Å². The summed E-state index contributed by atoms with van der Waals surface area (Å²) in [7, 11) is 1.59. The lowest BCUT2D eigenvalue weighted by Gasteiger charge is -2.18. The van der Waals surface area contributed by atoms with Crippen LogP contribution in [0.3, 0.4) is 0 Å². The molecule has 112 valence electrons. The molecule has 2 aromatic carbocycles. The van der Waals surface area contributed by atoms with Crippen molar-refractivity contribution >= 4 is 5.69 Å². The summed E-state index contributed by atoms with van der Waals surface area (Å²) >= 11 is 0. The summed E-state index contributed by atoms with van der Waals surface area (Å²) in [6.45, 7) is -0.139. The summed E-state index contributed by atoms with van der Waals surface area (Å²) in [5, 5.41) is 12.6. The van der Waals surface area contributed by atoms with Crippen LogP contribution < -0.4 is 10.1 Å². The highest BCUT2D eigenvalue weighted by Gasteiger charge is 2.12. The summed E-state index contributed by atoms with van der Waals surface area (Å²) in [5.74, 6) is 0.738. The van der Waals surface area contributed by atoms with E-state index in [9.17, 15) is 13.9 Å². The Hall–Kier alpha value is -2.14. The molecular formula is C16H17F2NO2. The highest BCUT2D eigenvalue weighted by molar-refractivity contribution is 5.48. The molecule has 5 heteroatoms. The maximum atomic E-state index is 12.5. The van der Waals surface area contributed by atoms with Crippen LogP contribution in [0.5, 0.6) is 5.75 Å². The van der Waals surface area contributed by atoms with Gasteiger partial charge in [-0.2, -0.15) is 0 Å². The van der Waals surface area contributed by atoms with E-state index >= 15 is 0 Å². The van der Waals surface area contributed by atoms with Crippen molar-refractivity contribution in [3.63, 3.8) is 0 Å². The molecule has 0 amide bonds. The molecule has 0 saturated heterocycles. The summed E-state index contributed by atoms with van der Waals surface area (Å²) in [6.07, 6.45) is -2.49. The van der Waals surface area contributed by atoms with Crippen molar-refractivity contribution in [3.05, 3.63) is 59.7 Å². The van der Waals surface area contributed by atoms with Gasteiger partial charge in [0.25, 0.3) is 6.43 Å². The Morgan fingerprint density at radius 3 is 2.05 bits per heavy atom. The SMILES string of the molecule is COc1ccc(NC(CO)c2ccc(C(F)F)cc2)cc1. The van der Waals surface area contributed by atoms with Gasteiger partial charge in [-0.15, -0.1) is 0 Å². The van der Waals surface area contributed by atoms with Crippen molar-refractivity contribution < 1.29 is 18.6 Å². The first-order chi connectivity index (χ1) is 10.1. The second-order valence-corrected chi connectivity index (χ2v) is 4.58. The van der Waals surface area contributed by atoms with Crippen LogP contribution in [0.1, 0.15) is 23.6 Å². The number of benzene rings is 2. The van der Waals surface area contributed by atoms with Crippen molar-refractivity contribution in [1.29, 1.82) is 0 Å². The monoisotopic (exact) mass is 293 g/mol. The van der Waals surface area contributed by atoms with E-state index in [2.05, 4.69) is 5.32 Å². The normalized spacial score (nSPS) is 12.2. The van der Waals surface area contributed by atoms with E-state index in [0.717, 1.165) is 17.0 Å². The number of nitrogens with one attached hydrogen (secondary N) is 1. The third kappa shape index (κ3) is 3.92. The van der Waals surface area contributed by atoms with E-state index in [-0.39, 0.29) is 18.2 Å². The largest absolute Gasteiger partial charge is 0.497 e. The summed E-state index contributed by atoms with van der Waals surface area (Å²) < 4.78 is 30.1. The average molecular weight is 293 g/mol. The number of ether oxygens (including phenoxy) is 1. The predicted octanol–water partition coefficient (Wildman–Crippen LogP) is 3.78. The molecule has 2 rings (SSSR count). The van der Waals surface area contributed by atoms with Crippen molar-refractivity contribution in [3.8, 4) is 5.75 Å². The highest BCUT2D eigenvalue weighted by atomic mass is 19.3. The van der Waals surface area contributed by atoms with Gasteiger partial charge in [-0.05, 0) is 29.8 Å². The molecule has 0 fully saturated rings. The van der Waals surface area contributed by atoms with E-state index in [4.69, 9.17) is 4.74 Å². The number of methoxy groups -OCH3 is 1. The topological polar surface area (TPSA) is 41.5 Å². The predicted molar refractivity (Wildman–Crippen MR) is 77.8 cm³/mol. The molecule has 0 heterocycles. The van der Waals surface area contributed by atoms with E-state index in [1.807, 2.05) is 12.1 Å². The molecule has 0 saturated carbocycles. The quantitative estimate of drug-likeness (QED) is 0.851. The minimum absolute atomic E-state index is 0.0279. The van der Waals surface area contributed by atoms with E-state index in [0.29, 0.717) is 0 Å². The molecule has 0 aliphatic rings. The van der Waals surface area contributed by atoms with Crippen molar-refractivity contribution in [2.45, 2.75) is 12.5 Å². The Morgan fingerprint density at radius 2 is 1.57 bits per heavy atom. The Balaban J connectivity index is 2.11. The Kier molecular flexibility index (Phi) is 5.11. The minimum atomic E-state index is -2.49. The van der Waals surface area contributed by atoms with Crippen LogP contribution in [0.2, 0.25) is 0 Å². The fourth-order valence-corrected chi connectivity index (χ4v) is 2.00. The zero-order valence-corrected chi connectivity index (χ0v) is 11.6. The first-order valence-corrected chi connectivity index (χ1v) is 6.53. The van der Waals surface area contributed by atoms with Crippen LogP contribution in [-0.2, 0) is 0 Å². The second kappa shape index (κ2) is 7.04. The van der Waals surface area contributed by atoms with E-state index in [1.165, 1.54) is 12.1 Å². The van der Waals surface area contributed by atoms with Gasteiger partial charge in [0.1, 0.15) is 5.75 Å². The van der Waals surface area contributed by atoms with Gasteiger partial charge in [0.15, 0.2) is 0 Å². The second-order valence-electron chi connectivity index (χ2n) is 4.58. The number of hydrogen-bond acceptors (Lipinski definition) is 3. The highest BCUT2D eigenvalue weighted by Crippen LogP contribution is 2.24. The fourth-order valence-electron chi connectivity index (χ4n) is 2.00. The number of aliphatic hydroxyl groups is 1. The lowest BCUT2D eigenvalue weighted by molar-refractivity contribution is 0.151. The third-order valence-electron chi connectivity index (χ3n) is 3.20. The van der Waals surface area contributed by atoms with E-state index in [1.54, 1.807) is 31.4 Å². The minimum Gasteiger partial charge on any atom is -0.497 e. The number of alkyl halides is 2. The van der Waals surface area contributed by atoms with Crippen LogP contribution in [0, 0.1) is 0 Å². The van der Waals surface area contributed by atoms with Crippen molar-refractivity contribution in [2.24, 2.45) is 0 Å². The van der Waals surface area contributed by atoms with Gasteiger partial charge in [0.05, 0.1) is 19.8 Å². The molecule has 0 bridgehead atoms. The zero-order valence-electron chi connectivity index (χ0n) is 11.6. The fraction of sp³-hybridized carbons (Fsp3) is 0.250. The molecule has 3 nitrogen and oxygen atoms in total. The lowest BCUT2D eigenvalue weighted by Crippen LogP contribution is -2.14. The van der Waals surface area contributed by atoms with Gasteiger partial charge >= 0.3 is 0 Å². The Labute approximate surface area is 122 Å². The van der Waals surface area contributed by atoms with Gasteiger partial charge in [0.2, 0.25) is 0 Å². The number of anilines is 1. The zero-order chi connectivity index (χ0) is 15.2. The van der Waals surface area contributed by atoms with Crippen LogP contribution in [0.25, 0.3) is 0 Å². The van der Waals surface area contributed by atoms with Gasteiger partial charge in [-0.1, -0.05) is 24.3 Å². The first-order valence-electron chi connectivity index (χ1n) is 6.53. The average Bonchev–Trinajstić information content (AvgIpc) is 2.53. The molecule has 2 N–H and O–H groups in total. The van der Waals surface area contributed by atoms with Crippen LogP contribution in [0.4, 0.5) is 14.5 Å². The molecule has 0 spiro atoms. The molecule has 1 unspecified atom stereocenters. The van der Waals surface area contributed by atoms with Crippen LogP contribution in [-0.4, -0.2) is 18.8 Å². The summed E-state index contributed by atoms with van der Waals surface area (Å²) in [4.78, 5) is 0. The maximum absolute atomic E-state index is 12.5. The molecular weight excluding hydrogens is 276 g/mol. The molecule has 1 atom stereocenters. The van der Waals surface area contributed by atoms with Crippen LogP contribution >= 0.6 is 0 Å². The first kappa shape index (κ1) is 15.3. The van der Waals surface area contributed by atoms with E-state index < -0.39 is 6.43 Å². The van der Waals surface area contributed by atoms with Gasteiger partial charge in [-0.3, -0.25) is 0 Å². The summed E-state index contributed by atoms with van der Waals surface area (Å²) in [5.41, 5.74) is 1.53. The van der Waals surface area contributed by atoms with Crippen molar-refractivity contribution in [1.82, 2.24) is 0 Å².